The summed E-state index contributed by atoms with van der Waals surface area (Å²) in [5.74, 6) is -0.0814. The van der Waals surface area contributed by atoms with Crippen molar-refractivity contribution in [3.05, 3.63) is 29.6 Å². The molecule has 1 unspecified atom stereocenters. The van der Waals surface area contributed by atoms with Gasteiger partial charge in [-0.2, -0.15) is 0 Å². The lowest BCUT2D eigenvalue weighted by molar-refractivity contribution is -0.136. The average Bonchev–Trinajstić information content (AvgIpc) is 2.18. The number of carboxylic acid groups (broad SMARTS) is 1. The Balaban J connectivity index is 2.52. The van der Waals surface area contributed by atoms with Crippen molar-refractivity contribution in [2.24, 2.45) is 0 Å². The van der Waals surface area contributed by atoms with E-state index in [1.807, 2.05) is 32.0 Å². The number of pyridine rings is 1. The highest BCUT2D eigenvalue weighted by molar-refractivity contribution is 7.99. The van der Waals surface area contributed by atoms with Gasteiger partial charge in [0, 0.05) is 11.4 Å². The molecule has 0 aliphatic heterocycles. The molecule has 0 bridgehead atoms. The van der Waals surface area contributed by atoms with Crippen molar-refractivity contribution >= 4 is 17.7 Å². The first kappa shape index (κ1) is 12.0. The van der Waals surface area contributed by atoms with Crippen molar-refractivity contribution in [2.45, 2.75) is 31.3 Å². The maximum Gasteiger partial charge on any atom is 0.316 e. The van der Waals surface area contributed by atoms with E-state index < -0.39 is 5.97 Å². The Hall–Kier alpha value is -1.03. The number of carboxylic acids is 1. The van der Waals surface area contributed by atoms with Crippen LogP contribution < -0.4 is 0 Å². The molecule has 15 heavy (non-hydrogen) atoms. The van der Waals surface area contributed by atoms with Crippen LogP contribution in [-0.4, -0.2) is 21.3 Å². The molecule has 3 nitrogen and oxygen atoms in total. The van der Waals surface area contributed by atoms with Gasteiger partial charge in [-0.3, -0.25) is 9.78 Å². The molecule has 1 heterocycles. The topological polar surface area (TPSA) is 50.2 Å². The fourth-order valence-corrected chi connectivity index (χ4v) is 2.14. The van der Waals surface area contributed by atoms with E-state index in [2.05, 4.69) is 4.98 Å². The number of hydrogen-bond acceptors (Lipinski definition) is 3. The third kappa shape index (κ3) is 3.91. The quantitative estimate of drug-likeness (QED) is 0.836. The Morgan fingerprint density at radius 2 is 2.33 bits per heavy atom. The van der Waals surface area contributed by atoms with E-state index in [4.69, 9.17) is 5.11 Å². The van der Waals surface area contributed by atoms with Gasteiger partial charge >= 0.3 is 5.97 Å². The minimum atomic E-state index is -0.741. The lowest BCUT2D eigenvalue weighted by Crippen LogP contribution is -2.15. The summed E-state index contributed by atoms with van der Waals surface area (Å²) in [5.41, 5.74) is 1.91. The largest absolute Gasteiger partial charge is 0.480 e. The Kier molecular flexibility index (Phi) is 4.62. The first-order valence-electron chi connectivity index (χ1n) is 4.90. The van der Waals surface area contributed by atoms with Gasteiger partial charge in [-0.05, 0) is 25.5 Å². The number of aliphatic carboxylic acids is 1. The maximum absolute atomic E-state index is 10.8. The smallest absolute Gasteiger partial charge is 0.316 e. The van der Waals surface area contributed by atoms with E-state index in [1.54, 1.807) is 0 Å². The number of rotatable bonds is 5. The zero-order chi connectivity index (χ0) is 11.3. The Morgan fingerprint density at radius 3 is 2.87 bits per heavy atom. The van der Waals surface area contributed by atoms with Gasteiger partial charge in [0.1, 0.15) is 5.25 Å². The number of thioether (sulfide) groups is 1. The number of nitrogens with zero attached hydrogens (tertiary/aromatic N) is 1. The molecule has 0 saturated carbocycles. The van der Waals surface area contributed by atoms with Crippen molar-refractivity contribution < 1.29 is 9.90 Å². The molecule has 0 saturated heterocycles. The summed E-state index contributed by atoms with van der Waals surface area (Å²) >= 11 is 1.43. The van der Waals surface area contributed by atoms with Gasteiger partial charge < -0.3 is 5.11 Å². The SMILES string of the molecule is CCC(SCc1cccc(C)n1)C(=O)O. The summed E-state index contributed by atoms with van der Waals surface area (Å²) < 4.78 is 0. The van der Waals surface area contributed by atoms with Gasteiger partial charge in [-0.25, -0.2) is 0 Å². The van der Waals surface area contributed by atoms with E-state index in [1.165, 1.54) is 11.8 Å². The Bertz CT molecular complexity index is 341. The van der Waals surface area contributed by atoms with E-state index >= 15 is 0 Å². The van der Waals surface area contributed by atoms with Gasteiger partial charge in [0.2, 0.25) is 0 Å². The van der Waals surface area contributed by atoms with Crippen molar-refractivity contribution in [2.75, 3.05) is 0 Å². The molecule has 0 aliphatic carbocycles. The van der Waals surface area contributed by atoms with Crippen LogP contribution in [0.4, 0.5) is 0 Å². The highest BCUT2D eigenvalue weighted by Gasteiger charge is 2.15. The number of carbonyl (C=O) groups is 1. The number of aryl methyl sites for hydroxylation is 1. The van der Waals surface area contributed by atoms with Crippen LogP contribution >= 0.6 is 11.8 Å². The standard InChI is InChI=1S/C11H15NO2S/c1-3-10(11(13)14)15-7-9-6-4-5-8(2)12-9/h4-6,10H,3,7H2,1-2H3,(H,13,14). The van der Waals surface area contributed by atoms with Gasteiger partial charge in [-0.15, -0.1) is 11.8 Å². The lowest BCUT2D eigenvalue weighted by Gasteiger charge is -2.08. The van der Waals surface area contributed by atoms with E-state index in [0.29, 0.717) is 12.2 Å². The number of hydrogen-bond donors (Lipinski definition) is 1. The molecule has 1 aromatic rings. The van der Waals surface area contributed by atoms with E-state index in [9.17, 15) is 4.79 Å². The minimum absolute atomic E-state index is 0.327. The molecular weight excluding hydrogens is 210 g/mol. The summed E-state index contributed by atoms with van der Waals surface area (Å²) in [6, 6.07) is 5.80. The second kappa shape index (κ2) is 5.75. The fraction of sp³-hybridized carbons (Fsp3) is 0.455. The summed E-state index contributed by atoms with van der Waals surface area (Å²) in [6.45, 7) is 3.82. The molecule has 1 N–H and O–H groups in total. The van der Waals surface area contributed by atoms with Crippen LogP contribution in [0.3, 0.4) is 0 Å². The first-order chi connectivity index (χ1) is 7.13. The molecule has 1 rings (SSSR count). The van der Waals surface area contributed by atoms with Crippen LogP contribution in [0.15, 0.2) is 18.2 Å². The molecule has 0 spiro atoms. The molecule has 1 atom stereocenters. The van der Waals surface area contributed by atoms with Gasteiger partial charge in [-0.1, -0.05) is 13.0 Å². The predicted octanol–water partition coefficient (Wildman–Crippen LogP) is 2.49. The highest BCUT2D eigenvalue weighted by Crippen LogP contribution is 2.19. The van der Waals surface area contributed by atoms with Gasteiger partial charge in [0.25, 0.3) is 0 Å². The monoisotopic (exact) mass is 225 g/mol. The van der Waals surface area contributed by atoms with Crippen molar-refractivity contribution in [3.63, 3.8) is 0 Å². The molecule has 0 radical (unpaired) electrons. The summed E-state index contributed by atoms with van der Waals surface area (Å²) in [6.07, 6.45) is 0.645. The van der Waals surface area contributed by atoms with Gasteiger partial charge in [0.05, 0.1) is 5.69 Å². The molecule has 0 aromatic carbocycles. The molecule has 82 valence electrons. The van der Waals surface area contributed by atoms with Crippen molar-refractivity contribution in [1.29, 1.82) is 0 Å². The average molecular weight is 225 g/mol. The maximum atomic E-state index is 10.8. The molecule has 4 heteroatoms. The van der Waals surface area contributed by atoms with Crippen LogP contribution in [-0.2, 0) is 10.5 Å². The van der Waals surface area contributed by atoms with Gasteiger partial charge in [0.15, 0.2) is 0 Å². The molecular formula is C11H15NO2S. The van der Waals surface area contributed by atoms with Crippen LogP contribution in [0.2, 0.25) is 0 Å². The zero-order valence-electron chi connectivity index (χ0n) is 8.93. The summed E-state index contributed by atoms with van der Waals surface area (Å²) in [5, 5.41) is 8.54. The zero-order valence-corrected chi connectivity index (χ0v) is 9.75. The Labute approximate surface area is 93.9 Å². The lowest BCUT2D eigenvalue weighted by atomic mass is 10.3. The van der Waals surface area contributed by atoms with Crippen LogP contribution in [0.5, 0.6) is 0 Å². The third-order valence-corrected chi connectivity index (χ3v) is 3.42. The summed E-state index contributed by atoms with van der Waals surface area (Å²) in [7, 11) is 0. The van der Waals surface area contributed by atoms with E-state index in [-0.39, 0.29) is 5.25 Å². The van der Waals surface area contributed by atoms with Crippen molar-refractivity contribution in [3.8, 4) is 0 Å². The molecule has 0 aliphatic rings. The third-order valence-electron chi connectivity index (χ3n) is 2.02. The van der Waals surface area contributed by atoms with Crippen molar-refractivity contribution in [1.82, 2.24) is 4.98 Å². The first-order valence-corrected chi connectivity index (χ1v) is 5.95. The molecule has 1 aromatic heterocycles. The molecule has 0 amide bonds. The predicted molar refractivity (Wildman–Crippen MR) is 62.0 cm³/mol. The van der Waals surface area contributed by atoms with Crippen LogP contribution in [0, 0.1) is 6.92 Å². The minimum Gasteiger partial charge on any atom is -0.480 e. The Morgan fingerprint density at radius 1 is 1.60 bits per heavy atom. The second-order valence-electron chi connectivity index (χ2n) is 3.32. The van der Waals surface area contributed by atoms with Crippen LogP contribution in [0.1, 0.15) is 24.7 Å². The number of aromatic nitrogens is 1. The second-order valence-corrected chi connectivity index (χ2v) is 4.51. The highest BCUT2D eigenvalue weighted by atomic mass is 32.2. The fourth-order valence-electron chi connectivity index (χ4n) is 1.23. The normalized spacial score (nSPS) is 12.4. The van der Waals surface area contributed by atoms with E-state index in [0.717, 1.165) is 11.4 Å². The molecule has 0 fully saturated rings. The summed E-state index contributed by atoms with van der Waals surface area (Å²) in [4.78, 5) is 15.1. The van der Waals surface area contributed by atoms with Crippen LogP contribution in [0.25, 0.3) is 0 Å².